The summed E-state index contributed by atoms with van der Waals surface area (Å²) in [4.78, 5) is 12.1. The highest BCUT2D eigenvalue weighted by molar-refractivity contribution is 7.80. The summed E-state index contributed by atoms with van der Waals surface area (Å²) < 4.78 is 21.0. The van der Waals surface area contributed by atoms with Crippen molar-refractivity contribution >= 4 is 29.3 Å². The number of carbonyl (C=O) groups is 1. The average Bonchev–Trinajstić information content (AvgIpc) is 2.77. The van der Waals surface area contributed by atoms with Crippen LogP contribution in [-0.2, 0) is 11.2 Å². The molecule has 0 aliphatic rings. The Bertz CT molecular complexity index is 914. The summed E-state index contributed by atoms with van der Waals surface area (Å²) in [5.74, 6) is 2.24. The number of nitrogens with one attached hydrogen (secondary N) is 2. The van der Waals surface area contributed by atoms with Gasteiger partial charge in [-0.15, -0.1) is 0 Å². The molecule has 0 unspecified atom stereocenters. The molecule has 2 aromatic rings. The van der Waals surface area contributed by atoms with E-state index in [1.807, 2.05) is 24.3 Å². The van der Waals surface area contributed by atoms with Crippen molar-refractivity contribution in [2.24, 2.45) is 0 Å². The first-order chi connectivity index (χ1) is 14.5. The molecular formula is C22H26N2O5S. The Kier molecular flexibility index (Phi) is 8.96. The summed E-state index contributed by atoms with van der Waals surface area (Å²) in [5.41, 5.74) is 1.86. The predicted molar refractivity (Wildman–Crippen MR) is 121 cm³/mol. The minimum Gasteiger partial charge on any atom is -0.493 e. The van der Waals surface area contributed by atoms with Gasteiger partial charge < -0.3 is 24.3 Å². The van der Waals surface area contributed by atoms with Crippen LogP contribution in [0.1, 0.15) is 11.1 Å². The molecule has 30 heavy (non-hydrogen) atoms. The third kappa shape index (κ3) is 6.66. The molecule has 0 aliphatic carbocycles. The molecule has 8 heteroatoms. The zero-order valence-corrected chi connectivity index (χ0v) is 18.3. The second-order valence-electron chi connectivity index (χ2n) is 6.13. The van der Waals surface area contributed by atoms with E-state index in [1.54, 1.807) is 46.6 Å². The summed E-state index contributed by atoms with van der Waals surface area (Å²) in [6.45, 7) is 0.563. The van der Waals surface area contributed by atoms with Crippen LogP contribution in [0.25, 0.3) is 6.08 Å². The Balaban J connectivity index is 1.82. The molecule has 0 heterocycles. The van der Waals surface area contributed by atoms with Crippen molar-refractivity contribution in [2.45, 2.75) is 6.42 Å². The van der Waals surface area contributed by atoms with Gasteiger partial charge in [0.25, 0.3) is 0 Å². The Labute approximate surface area is 182 Å². The van der Waals surface area contributed by atoms with Crippen LogP contribution in [0.5, 0.6) is 23.0 Å². The first-order valence-corrected chi connectivity index (χ1v) is 9.61. The monoisotopic (exact) mass is 430 g/mol. The number of hydrogen-bond acceptors (Lipinski definition) is 6. The van der Waals surface area contributed by atoms with Crippen LogP contribution < -0.4 is 29.6 Å². The minimum absolute atomic E-state index is 0.262. The van der Waals surface area contributed by atoms with E-state index in [2.05, 4.69) is 10.6 Å². The van der Waals surface area contributed by atoms with Crippen molar-refractivity contribution in [1.82, 2.24) is 10.6 Å². The quantitative estimate of drug-likeness (QED) is 0.468. The zero-order valence-electron chi connectivity index (χ0n) is 17.5. The lowest BCUT2D eigenvalue weighted by Gasteiger charge is -2.11. The number of benzene rings is 2. The Morgan fingerprint density at radius 3 is 2.13 bits per heavy atom. The minimum atomic E-state index is -0.326. The number of rotatable bonds is 9. The molecule has 1 amide bonds. The van der Waals surface area contributed by atoms with Gasteiger partial charge in [-0.3, -0.25) is 10.1 Å². The molecule has 0 aromatic heterocycles. The van der Waals surface area contributed by atoms with Gasteiger partial charge in [0, 0.05) is 12.6 Å². The van der Waals surface area contributed by atoms with Crippen molar-refractivity contribution in [3.8, 4) is 23.0 Å². The van der Waals surface area contributed by atoms with Crippen LogP contribution >= 0.6 is 12.2 Å². The Morgan fingerprint density at radius 2 is 1.50 bits per heavy atom. The highest BCUT2D eigenvalue weighted by Crippen LogP contribution is 2.28. The number of amides is 1. The van der Waals surface area contributed by atoms with E-state index in [0.717, 1.165) is 11.1 Å². The van der Waals surface area contributed by atoms with Gasteiger partial charge in [-0.25, -0.2) is 0 Å². The first-order valence-electron chi connectivity index (χ1n) is 9.20. The van der Waals surface area contributed by atoms with E-state index in [1.165, 1.54) is 6.08 Å². The maximum absolute atomic E-state index is 12.1. The van der Waals surface area contributed by atoms with Gasteiger partial charge in [-0.05, 0) is 60.1 Å². The topological polar surface area (TPSA) is 78.1 Å². The smallest absolute Gasteiger partial charge is 0.250 e. The summed E-state index contributed by atoms with van der Waals surface area (Å²) in [7, 11) is 6.32. The van der Waals surface area contributed by atoms with Crippen molar-refractivity contribution in [2.75, 3.05) is 35.0 Å². The maximum Gasteiger partial charge on any atom is 0.250 e. The summed E-state index contributed by atoms with van der Waals surface area (Å²) >= 11 is 5.18. The average molecular weight is 431 g/mol. The van der Waals surface area contributed by atoms with E-state index < -0.39 is 0 Å². The van der Waals surface area contributed by atoms with Crippen LogP contribution in [0, 0.1) is 0 Å². The molecule has 7 nitrogen and oxygen atoms in total. The van der Waals surface area contributed by atoms with E-state index in [4.69, 9.17) is 31.2 Å². The summed E-state index contributed by atoms with van der Waals surface area (Å²) in [6, 6.07) is 11.1. The fourth-order valence-electron chi connectivity index (χ4n) is 2.68. The van der Waals surface area contributed by atoms with Crippen LogP contribution in [0.2, 0.25) is 0 Å². The van der Waals surface area contributed by atoms with E-state index in [-0.39, 0.29) is 11.0 Å². The second kappa shape index (κ2) is 11.7. The van der Waals surface area contributed by atoms with Gasteiger partial charge in [-0.2, -0.15) is 0 Å². The normalized spacial score (nSPS) is 10.4. The number of methoxy groups -OCH3 is 4. The lowest BCUT2D eigenvalue weighted by molar-refractivity contribution is -0.115. The number of carbonyl (C=O) groups excluding carboxylic acids is 1. The first kappa shape index (κ1) is 23.0. The number of thiocarbonyl (C=S) groups is 1. The van der Waals surface area contributed by atoms with Gasteiger partial charge in [0.2, 0.25) is 5.91 Å². The summed E-state index contributed by atoms with van der Waals surface area (Å²) in [6.07, 6.45) is 3.78. The van der Waals surface area contributed by atoms with Crippen molar-refractivity contribution in [3.05, 3.63) is 53.6 Å². The SMILES string of the molecule is COc1ccc(/C=C/C(=O)NC(=S)NCCc2ccc(OC)c(OC)c2)cc1OC. The molecule has 0 bridgehead atoms. The van der Waals surface area contributed by atoms with Gasteiger partial charge in [-0.1, -0.05) is 12.1 Å². The summed E-state index contributed by atoms with van der Waals surface area (Å²) in [5, 5.41) is 5.90. The molecular weight excluding hydrogens is 404 g/mol. The van der Waals surface area contributed by atoms with Crippen molar-refractivity contribution in [3.63, 3.8) is 0 Å². The lowest BCUT2D eigenvalue weighted by atomic mass is 10.1. The van der Waals surface area contributed by atoms with Gasteiger partial charge in [0.05, 0.1) is 28.4 Å². The molecule has 0 atom stereocenters. The maximum atomic E-state index is 12.1. The molecule has 2 aromatic carbocycles. The number of ether oxygens (including phenoxy) is 4. The fraction of sp³-hybridized carbons (Fsp3) is 0.273. The molecule has 0 radical (unpaired) electrons. The number of hydrogen-bond donors (Lipinski definition) is 2. The standard InChI is InChI=1S/C22H26N2O5S/c1-26-17-8-5-15(13-19(17)28-3)7-10-21(25)24-22(30)23-12-11-16-6-9-18(27-2)20(14-16)29-4/h5-10,13-14H,11-12H2,1-4H3,(H2,23,24,25,30)/b10-7+. The largest absolute Gasteiger partial charge is 0.493 e. The van der Waals surface area contributed by atoms with Gasteiger partial charge in [0.1, 0.15) is 0 Å². The molecule has 160 valence electrons. The van der Waals surface area contributed by atoms with Crippen LogP contribution in [-0.4, -0.2) is 46.0 Å². The second-order valence-corrected chi connectivity index (χ2v) is 6.54. The van der Waals surface area contributed by atoms with Crippen molar-refractivity contribution in [1.29, 1.82) is 0 Å². The highest BCUT2D eigenvalue weighted by Gasteiger charge is 2.06. The van der Waals surface area contributed by atoms with Crippen LogP contribution in [0.4, 0.5) is 0 Å². The van der Waals surface area contributed by atoms with E-state index in [0.29, 0.717) is 36.0 Å². The lowest BCUT2D eigenvalue weighted by Crippen LogP contribution is -2.39. The van der Waals surface area contributed by atoms with Crippen molar-refractivity contribution < 1.29 is 23.7 Å². The molecule has 0 aliphatic heterocycles. The Morgan fingerprint density at radius 1 is 0.900 bits per heavy atom. The van der Waals surface area contributed by atoms with E-state index >= 15 is 0 Å². The predicted octanol–water partition coefficient (Wildman–Crippen LogP) is 2.97. The molecule has 0 saturated heterocycles. The molecule has 0 fully saturated rings. The van der Waals surface area contributed by atoms with Crippen LogP contribution in [0.3, 0.4) is 0 Å². The Hall–Kier alpha value is -3.26. The van der Waals surface area contributed by atoms with Crippen LogP contribution in [0.15, 0.2) is 42.5 Å². The van der Waals surface area contributed by atoms with E-state index in [9.17, 15) is 4.79 Å². The van der Waals surface area contributed by atoms with Gasteiger partial charge in [0.15, 0.2) is 28.1 Å². The molecule has 2 rings (SSSR count). The van der Waals surface area contributed by atoms with Gasteiger partial charge >= 0.3 is 0 Å². The molecule has 0 saturated carbocycles. The fourth-order valence-corrected chi connectivity index (χ4v) is 2.89. The third-order valence-corrected chi connectivity index (χ3v) is 4.47. The zero-order chi connectivity index (χ0) is 21.9. The molecule has 2 N–H and O–H groups in total. The third-order valence-electron chi connectivity index (χ3n) is 4.22. The molecule has 0 spiro atoms. The highest BCUT2D eigenvalue weighted by atomic mass is 32.1.